The highest BCUT2D eigenvalue weighted by molar-refractivity contribution is 5.83. The molecule has 16 heavy (non-hydrogen) atoms. The molecule has 0 spiro atoms. The first-order chi connectivity index (χ1) is 7.75. The van der Waals surface area contributed by atoms with Gasteiger partial charge in [-0.25, -0.2) is 4.68 Å². The number of benzene rings is 1. The van der Waals surface area contributed by atoms with E-state index in [1.807, 2.05) is 31.2 Å². The summed E-state index contributed by atoms with van der Waals surface area (Å²) in [5.74, 6) is 0. The van der Waals surface area contributed by atoms with Crippen LogP contribution in [0.3, 0.4) is 0 Å². The second-order valence-corrected chi connectivity index (χ2v) is 4.07. The van der Waals surface area contributed by atoms with Gasteiger partial charge in [0.1, 0.15) is 6.10 Å². The van der Waals surface area contributed by atoms with Crippen LogP contribution in [0.4, 0.5) is 0 Å². The van der Waals surface area contributed by atoms with E-state index in [4.69, 9.17) is 4.74 Å². The Morgan fingerprint density at radius 1 is 1.44 bits per heavy atom. The first-order valence-electron chi connectivity index (χ1n) is 5.34. The van der Waals surface area contributed by atoms with Crippen molar-refractivity contribution in [1.82, 2.24) is 9.78 Å². The normalized spacial score (nSPS) is 18.9. The minimum atomic E-state index is -0.0308. The van der Waals surface area contributed by atoms with Crippen LogP contribution in [0.1, 0.15) is 5.69 Å². The molecule has 0 N–H and O–H groups in total. The van der Waals surface area contributed by atoms with Gasteiger partial charge in [0, 0.05) is 5.39 Å². The number of fused-ring (bicyclic) bond motifs is 1. The molecule has 0 bridgehead atoms. The fourth-order valence-electron chi connectivity index (χ4n) is 1.89. The minimum Gasteiger partial charge on any atom is -0.371 e. The first-order valence-corrected chi connectivity index (χ1v) is 5.34. The average Bonchev–Trinajstić information content (AvgIpc) is 3.10. The van der Waals surface area contributed by atoms with Crippen molar-refractivity contribution in [3.8, 4) is 0 Å². The highest BCUT2D eigenvalue weighted by Crippen LogP contribution is 2.14. The van der Waals surface area contributed by atoms with E-state index in [0.29, 0.717) is 6.54 Å². The summed E-state index contributed by atoms with van der Waals surface area (Å²) in [6, 6.07) is 7.57. The summed E-state index contributed by atoms with van der Waals surface area (Å²) < 4.78 is 6.63. The van der Waals surface area contributed by atoms with Gasteiger partial charge in [-0.15, -0.1) is 0 Å². The van der Waals surface area contributed by atoms with Gasteiger partial charge in [0.05, 0.1) is 24.2 Å². The highest BCUT2D eigenvalue weighted by atomic mass is 16.6. The molecule has 1 atom stereocenters. The Morgan fingerprint density at radius 2 is 2.12 bits per heavy atom. The van der Waals surface area contributed by atoms with E-state index in [2.05, 4.69) is 5.10 Å². The maximum atomic E-state index is 12.1. The molecule has 2 aromatic rings. The molecule has 1 aliphatic heterocycles. The van der Waals surface area contributed by atoms with E-state index in [1.165, 1.54) is 4.68 Å². The van der Waals surface area contributed by atoms with Crippen LogP contribution in [0.5, 0.6) is 0 Å². The smallest absolute Gasteiger partial charge is 0.274 e. The fraction of sp³-hybridized carbons (Fsp3) is 0.333. The fourth-order valence-corrected chi connectivity index (χ4v) is 1.89. The van der Waals surface area contributed by atoms with Crippen LogP contribution in [-0.2, 0) is 11.3 Å². The number of hydrogen-bond acceptors (Lipinski definition) is 3. The lowest BCUT2D eigenvalue weighted by Gasteiger charge is -2.06. The number of nitrogens with zero attached hydrogens (tertiary/aromatic N) is 2. The highest BCUT2D eigenvalue weighted by Gasteiger charge is 2.24. The van der Waals surface area contributed by atoms with Gasteiger partial charge in [-0.1, -0.05) is 18.2 Å². The van der Waals surface area contributed by atoms with Crippen LogP contribution in [0.15, 0.2) is 29.1 Å². The molecule has 0 radical (unpaired) electrons. The zero-order valence-electron chi connectivity index (χ0n) is 9.01. The number of aromatic nitrogens is 2. The summed E-state index contributed by atoms with van der Waals surface area (Å²) in [6.07, 6.45) is 0.172. The van der Waals surface area contributed by atoms with Crippen molar-refractivity contribution >= 4 is 10.8 Å². The van der Waals surface area contributed by atoms with E-state index in [9.17, 15) is 4.79 Å². The lowest BCUT2D eigenvalue weighted by Crippen LogP contribution is -2.26. The Bertz CT molecular complexity index is 599. The molecule has 0 saturated carbocycles. The molecule has 82 valence electrons. The maximum Gasteiger partial charge on any atom is 0.274 e. The quantitative estimate of drug-likeness (QED) is 0.706. The van der Waals surface area contributed by atoms with E-state index in [0.717, 1.165) is 23.1 Å². The van der Waals surface area contributed by atoms with Crippen molar-refractivity contribution in [2.24, 2.45) is 0 Å². The number of ether oxygens (including phenoxy) is 1. The van der Waals surface area contributed by atoms with Gasteiger partial charge in [-0.2, -0.15) is 5.10 Å². The van der Waals surface area contributed by atoms with Crippen LogP contribution in [0, 0.1) is 6.92 Å². The van der Waals surface area contributed by atoms with Crippen LogP contribution in [0.25, 0.3) is 10.8 Å². The molecule has 1 aliphatic rings. The summed E-state index contributed by atoms with van der Waals surface area (Å²) >= 11 is 0. The molecule has 3 rings (SSSR count). The SMILES string of the molecule is Cc1nn(CC2CO2)c(=O)c2ccccc12. The summed E-state index contributed by atoms with van der Waals surface area (Å²) in [6.45, 7) is 3.22. The molecule has 2 heterocycles. The van der Waals surface area contributed by atoms with Gasteiger partial charge in [-0.3, -0.25) is 4.79 Å². The van der Waals surface area contributed by atoms with Crippen LogP contribution in [0.2, 0.25) is 0 Å². The molecular formula is C12H12N2O2. The zero-order valence-corrected chi connectivity index (χ0v) is 9.01. The van der Waals surface area contributed by atoms with Crippen LogP contribution < -0.4 is 5.56 Å². The molecule has 1 aromatic heterocycles. The molecule has 1 aromatic carbocycles. The second kappa shape index (κ2) is 3.42. The largest absolute Gasteiger partial charge is 0.371 e. The van der Waals surface area contributed by atoms with E-state index in [-0.39, 0.29) is 11.7 Å². The average molecular weight is 216 g/mol. The molecule has 4 heteroatoms. The molecule has 1 fully saturated rings. The lowest BCUT2D eigenvalue weighted by atomic mass is 10.1. The molecule has 1 saturated heterocycles. The first kappa shape index (κ1) is 9.54. The predicted octanol–water partition coefficient (Wildman–Crippen LogP) is 1.10. The summed E-state index contributed by atoms with van der Waals surface area (Å²) in [5.41, 5.74) is 0.854. The Kier molecular flexibility index (Phi) is 2.04. The standard InChI is InChI=1S/C12H12N2O2/c1-8-10-4-2-3-5-11(10)12(15)14(13-8)6-9-7-16-9/h2-5,9H,6-7H2,1H3. The van der Waals surface area contributed by atoms with Gasteiger partial charge in [0.25, 0.3) is 5.56 Å². The molecular weight excluding hydrogens is 204 g/mol. The topological polar surface area (TPSA) is 47.4 Å². The van der Waals surface area contributed by atoms with E-state index in [1.54, 1.807) is 0 Å². The van der Waals surface area contributed by atoms with Crippen molar-refractivity contribution in [3.05, 3.63) is 40.3 Å². The predicted molar refractivity (Wildman–Crippen MR) is 60.5 cm³/mol. The Morgan fingerprint density at radius 3 is 2.81 bits per heavy atom. The van der Waals surface area contributed by atoms with Crippen molar-refractivity contribution in [1.29, 1.82) is 0 Å². The minimum absolute atomic E-state index is 0.0308. The summed E-state index contributed by atoms with van der Waals surface area (Å²) in [4.78, 5) is 12.1. The van der Waals surface area contributed by atoms with Crippen LogP contribution in [-0.4, -0.2) is 22.5 Å². The lowest BCUT2D eigenvalue weighted by molar-refractivity contribution is 0.368. The van der Waals surface area contributed by atoms with Crippen molar-refractivity contribution in [2.75, 3.05) is 6.61 Å². The van der Waals surface area contributed by atoms with Crippen molar-refractivity contribution in [3.63, 3.8) is 0 Å². The zero-order chi connectivity index (χ0) is 11.1. The van der Waals surface area contributed by atoms with Crippen molar-refractivity contribution in [2.45, 2.75) is 19.6 Å². The summed E-state index contributed by atoms with van der Waals surface area (Å²) in [5, 5.41) is 5.97. The molecule has 0 aliphatic carbocycles. The third-order valence-electron chi connectivity index (χ3n) is 2.83. The number of aryl methyl sites for hydroxylation is 1. The van der Waals surface area contributed by atoms with E-state index < -0.39 is 0 Å². The van der Waals surface area contributed by atoms with Gasteiger partial charge in [-0.05, 0) is 13.0 Å². The Hall–Kier alpha value is -1.68. The molecule has 4 nitrogen and oxygen atoms in total. The van der Waals surface area contributed by atoms with Gasteiger partial charge in [0.2, 0.25) is 0 Å². The molecule has 0 amide bonds. The third-order valence-corrected chi connectivity index (χ3v) is 2.83. The van der Waals surface area contributed by atoms with Crippen molar-refractivity contribution < 1.29 is 4.74 Å². The number of rotatable bonds is 2. The Labute approximate surface area is 92.5 Å². The third kappa shape index (κ3) is 1.51. The van der Waals surface area contributed by atoms with Gasteiger partial charge < -0.3 is 4.74 Å². The maximum absolute atomic E-state index is 12.1. The Balaban J connectivity index is 2.22. The monoisotopic (exact) mass is 216 g/mol. The second-order valence-electron chi connectivity index (χ2n) is 4.07. The number of hydrogen-bond donors (Lipinski definition) is 0. The van der Waals surface area contributed by atoms with Crippen LogP contribution >= 0.6 is 0 Å². The van der Waals surface area contributed by atoms with Gasteiger partial charge >= 0.3 is 0 Å². The molecule has 1 unspecified atom stereocenters. The van der Waals surface area contributed by atoms with E-state index >= 15 is 0 Å². The van der Waals surface area contributed by atoms with Gasteiger partial charge in [0.15, 0.2) is 0 Å². The number of epoxide rings is 1. The summed E-state index contributed by atoms with van der Waals surface area (Å²) in [7, 11) is 0.